The van der Waals surface area contributed by atoms with Crippen LogP contribution in [0.1, 0.15) is 0 Å². The van der Waals surface area contributed by atoms with Gasteiger partial charge in [0.25, 0.3) is 5.89 Å². The van der Waals surface area contributed by atoms with E-state index < -0.39 is 0 Å². The molecular weight excluding hydrogens is 393 g/mol. The molecule has 0 spiro atoms. The van der Waals surface area contributed by atoms with E-state index in [0.717, 1.165) is 3.57 Å². The number of nitrogens with zero attached hydrogens (tertiary/aromatic N) is 3. The molecule has 2 aromatic heterocycles. The molecule has 0 fully saturated rings. The number of phenolic OH excluding ortho intramolecular Hbond substituents is 1. The number of aromatic hydroxyl groups is 1. The number of benzene rings is 1. The zero-order valence-electron chi connectivity index (χ0n) is 9.92. The maximum atomic E-state index is 9.84. The van der Waals surface area contributed by atoms with E-state index in [9.17, 15) is 5.11 Å². The number of aromatic nitrogens is 3. The summed E-state index contributed by atoms with van der Waals surface area (Å²) in [7, 11) is 0. The number of pyridine rings is 1. The first kappa shape index (κ1) is 13.3. The zero-order valence-corrected chi connectivity index (χ0v) is 12.8. The summed E-state index contributed by atoms with van der Waals surface area (Å²) in [5.41, 5.74) is 1.04. The summed E-state index contributed by atoms with van der Waals surface area (Å²) in [6.45, 7) is 0. The molecule has 0 atom stereocenters. The SMILES string of the molecule is Oc1ccc(I)cc1-c1nc(-c2ccc(Cl)cn2)no1. The maximum absolute atomic E-state index is 9.84. The van der Waals surface area contributed by atoms with Gasteiger partial charge in [-0.15, -0.1) is 0 Å². The van der Waals surface area contributed by atoms with Crippen molar-refractivity contribution in [3.8, 4) is 28.7 Å². The Bertz CT molecular complexity index is 759. The van der Waals surface area contributed by atoms with Crippen LogP contribution in [0.25, 0.3) is 23.0 Å². The predicted molar refractivity (Wildman–Crippen MR) is 82.4 cm³/mol. The molecule has 0 aliphatic rings. The van der Waals surface area contributed by atoms with Gasteiger partial charge >= 0.3 is 0 Å². The first-order valence-electron chi connectivity index (χ1n) is 5.58. The van der Waals surface area contributed by atoms with Gasteiger partial charge in [0.1, 0.15) is 11.4 Å². The van der Waals surface area contributed by atoms with E-state index in [1.807, 2.05) is 0 Å². The standard InChI is InChI=1S/C13H7ClIN3O2/c14-7-1-3-10(16-6-7)12-17-13(20-18-12)9-5-8(15)2-4-11(9)19/h1-6,19H. The fourth-order valence-electron chi connectivity index (χ4n) is 1.62. The average molecular weight is 400 g/mol. The second-order valence-electron chi connectivity index (χ2n) is 3.95. The van der Waals surface area contributed by atoms with Crippen LogP contribution in [-0.2, 0) is 0 Å². The minimum Gasteiger partial charge on any atom is -0.507 e. The van der Waals surface area contributed by atoms with Crippen LogP contribution in [0.4, 0.5) is 0 Å². The molecule has 5 nitrogen and oxygen atoms in total. The van der Waals surface area contributed by atoms with E-state index >= 15 is 0 Å². The second-order valence-corrected chi connectivity index (χ2v) is 5.63. The number of hydrogen-bond donors (Lipinski definition) is 1. The number of rotatable bonds is 2. The molecule has 1 aromatic carbocycles. The fraction of sp³-hybridized carbons (Fsp3) is 0. The topological polar surface area (TPSA) is 72.0 Å². The van der Waals surface area contributed by atoms with Crippen molar-refractivity contribution in [2.75, 3.05) is 0 Å². The lowest BCUT2D eigenvalue weighted by molar-refractivity contribution is 0.425. The van der Waals surface area contributed by atoms with Crippen molar-refractivity contribution in [3.05, 3.63) is 45.1 Å². The third-order valence-electron chi connectivity index (χ3n) is 2.57. The van der Waals surface area contributed by atoms with Gasteiger partial charge in [0.05, 0.1) is 10.6 Å². The Morgan fingerprint density at radius 3 is 2.80 bits per heavy atom. The summed E-state index contributed by atoms with van der Waals surface area (Å²) < 4.78 is 6.13. The number of phenols is 1. The van der Waals surface area contributed by atoms with Crippen molar-refractivity contribution in [1.29, 1.82) is 0 Å². The summed E-state index contributed by atoms with van der Waals surface area (Å²) >= 11 is 7.92. The molecule has 0 saturated carbocycles. The molecule has 1 N–H and O–H groups in total. The third kappa shape index (κ3) is 2.61. The highest BCUT2D eigenvalue weighted by Crippen LogP contribution is 2.30. The molecule has 0 amide bonds. The summed E-state index contributed by atoms with van der Waals surface area (Å²) in [4.78, 5) is 8.35. The van der Waals surface area contributed by atoms with Gasteiger partial charge in [-0.2, -0.15) is 4.98 Å². The van der Waals surface area contributed by atoms with Crippen LogP contribution < -0.4 is 0 Å². The quantitative estimate of drug-likeness (QED) is 0.664. The van der Waals surface area contributed by atoms with Crippen LogP contribution in [0.15, 0.2) is 41.1 Å². The Labute approximate surface area is 132 Å². The van der Waals surface area contributed by atoms with E-state index in [2.05, 4.69) is 37.7 Å². The van der Waals surface area contributed by atoms with Gasteiger partial charge in [-0.05, 0) is 52.9 Å². The molecule has 100 valence electrons. The summed E-state index contributed by atoms with van der Waals surface area (Å²) in [6.07, 6.45) is 1.51. The Morgan fingerprint density at radius 2 is 2.05 bits per heavy atom. The molecule has 2 heterocycles. The van der Waals surface area contributed by atoms with Crippen molar-refractivity contribution in [2.45, 2.75) is 0 Å². The maximum Gasteiger partial charge on any atom is 0.262 e. The smallest absolute Gasteiger partial charge is 0.262 e. The van der Waals surface area contributed by atoms with Crippen LogP contribution >= 0.6 is 34.2 Å². The van der Waals surface area contributed by atoms with Crippen LogP contribution in [0, 0.1) is 3.57 Å². The van der Waals surface area contributed by atoms with Gasteiger partial charge in [0, 0.05) is 9.77 Å². The van der Waals surface area contributed by atoms with E-state index in [-0.39, 0.29) is 11.6 Å². The molecule has 0 radical (unpaired) electrons. The molecule has 0 aliphatic carbocycles. The average Bonchev–Trinajstić information content (AvgIpc) is 2.92. The van der Waals surface area contributed by atoms with Crippen LogP contribution in [0.5, 0.6) is 5.75 Å². The van der Waals surface area contributed by atoms with Gasteiger partial charge in [0.15, 0.2) is 0 Å². The molecule has 7 heteroatoms. The molecule has 0 unspecified atom stereocenters. The zero-order chi connectivity index (χ0) is 14.1. The van der Waals surface area contributed by atoms with E-state index in [0.29, 0.717) is 22.1 Å². The van der Waals surface area contributed by atoms with Crippen molar-refractivity contribution in [1.82, 2.24) is 15.1 Å². The van der Waals surface area contributed by atoms with Crippen molar-refractivity contribution < 1.29 is 9.63 Å². The molecular formula is C13H7ClIN3O2. The van der Waals surface area contributed by atoms with Gasteiger partial charge in [-0.25, -0.2) is 0 Å². The highest BCUT2D eigenvalue weighted by Gasteiger charge is 2.15. The van der Waals surface area contributed by atoms with Gasteiger partial charge in [-0.1, -0.05) is 16.8 Å². The molecule has 0 bridgehead atoms. The molecule has 20 heavy (non-hydrogen) atoms. The van der Waals surface area contributed by atoms with Crippen molar-refractivity contribution in [2.24, 2.45) is 0 Å². The Kier molecular flexibility index (Phi) is 3.58. The Hall–Kier alpha value is -1.67. The van der Waals surface area contributed by atoms with Crippen molar-refractivity contribution in [3.63, 3.8) is 0 Å². The largest absolute Gasteiger partial charge is 0.507 e. The monoisotopic (exact) mass is 399 g/mol. The summed E-state index contributed by atoms with van der Waals surface area (Å²) in [5.74, 6) is 0.673. The van der Waals surface area contributed by atoms with Crippen molar-refractivity contribution >= 4 is 34.2 Å². The third-order valence-corrected chi connectivity index (χ3v) is 3.47. The molecule has 0 saturated heterocycles. The Balaban J connectivity index is 2.01. The van der Waals surface area contributed by atoms with Crippen LogP contribution in [-0.4, -0.2) is 20.2 Å². The minimum absolute atomic E-state index is 0.0877. The summed E-state index contributed by atoms with van der Waals surface area (Å²) in [6, 6.07) is 8.54. The fourth-order valence-corrected chi connectivity index (χ4v) is 2.23. The summed E-state index contributed by atoms with van der Waals surface area (Å²) in [5, 5.41) is 14.2. The first-order chi connectivity index (χ1) is 9.63. The molecule has 3 aromatic rings. The first-order valence-corrected chi connectivity index (χ1v) is 7.04. The van der Waals surface area contributed by atoms with E-state index in [1.165, 1.54) is 6.20 Å². The van der Waals surface area contributed by atoms with Crippen LogP contribution in [0.3, 0.4) is 0 Å². The van der Waals surface area contributed by atoms with Gasteiger partial charge in [0.2, 0.25) is 5.82 Å². The lowest BCUT2D eigenvalue weighted by atomic mass is 10.2. The minimum atomic E-state index is 0.0877. The number of hydrogen-bond acceptors (Lipinski definition) is 5. The predicted octanol–water partition coefficient (Wildman–Crippen LogP) is 3.76. The highest BCUT2D eigenvalue weighted by atomic mass is 127. The highest BCUT2D eigenvalue weighted by molar-refractivity contribution is 14.1. The van der Waals surface area contributed by atoms with E-state index in [1.54, 1.807) is 30.3 Å². The van der Waals surface area contributed by atoms with Gasteiger partial charge < -0.3 is 9.63 Å². The van der Waals surface area contributed by atoms with Gasteiger partial charge in [-0.3, -0.25) is 4.98 Å². The second kappa shape index (κ2) is 5.37. The lowest BCUT2D eigenvalue weighted by Crippen LogP contribution is -1.85. The lowest BCUT2D eigenvalue weighted by Gasteiger charge is -1.99. The molecule has 3 rings (SSSR count). The van der Waals surface area contributed by atoms with Crippen LogP contribution in [0.2, 0.25) is 5.02 Å². The Morgan fingerprint density at radius 1 is 1.20 bits per heavy atom. The normalized spacial score (nSPS) is 10.7. The number of halogens is 2. The van der Waals surface area contributed by atoms with E-state index in [4.69, 9.17) is 16.1 Å². The molecule has 0 aliphatic heterocycles.